The highest BCUT2D eigenvalue weighted by atomic mass is 32.3. The molecule has 3 aromatic rings. The predicted octanol–water partition coefficient (Wildman–Crippen LogP) is 3.51. The number of rotatable bonds is 7. The fraction of sp³-hybridized carbons (Fsp3) is 0.500. The second kappa shape index (κ2) is 10.6. The third kappa shape index (κ3) is 6.00. The lowest BCUT2D eigenvalue weighted by Gasteiger charge is -2.30. The lowest BCUT2D eigenvalue weighted by Crippen LogP contribution is -2.38. The Morgan fingerprint density at radius 2 is 1.70 bits per heavy atom. The van der Waals surface area contributed by atoms with Gasteiger partial charge in [-0.2, -0.15) is 13.4 Å². The average Bonchev–Trinajstić information content (AvgIpc) is 3.38. The molecule has 37 heavy (non-hydrogen) atoms. The first kappa shape index (κ1) is 25.4. The number of piperidine rings is 1. The van der Waals surface area contributed by atoms with Crippen molar-refractivity contribution in [2.75, 3.05) is 31.2 Å². The van der Waals surface area contributed by atoms with Crippen LogP contribution in [0.2, 0.25) is 0 Å². The topological polar surface area (TPSA) is 139 Å². The van der Waals surface area contributed by atoms with Crippen molar-refractivity contribution in [3.8, 4) is 17.5 Å². The van der Waals surface area contributed by atoms with Crippen molar-refractivity contribution in [1.29, 1.82) is 0 Å². The van der Waals surface area contributed by atoms with Crippen LogP contribution in [-0.2, 0) is 18.8 Å². The van der Waals surface area contributed by atoms with E-state index >= 15 is 0 Å². The largest absolute Gasteiger partial charge is 0.474 e. The number of aromatic nitrogens is 4. The Morgan fingerprint density at radius 1 is 1.03 bits per heavy atom. The molecule has 5 rings (SSSR count). The van der Waals surface area contributed by atoms with Gasteiger partial charge in [-0.05, 0) is 24.6 Å². The standard InChI is InChI=1S/C24H29N5O7S/c1-15(2)21-27-24(36-28-21)29-10-8-20(9-11-29)35-23-16(3)22(25-14-26-23)34-19-6-4-17(5-7-19)18-12-32-37(30,31)33-13-18/h4-7,14-15,18,20H,8-13H2,1-3H3. The first-order chi connectivity index (χ1) is 17.8. The smallest absolute Gasteiger partial charge is 0.399 e. The van der Waals surface area contributed by atoms with Crippen molar-refractivity contribution in [3.05, 3.63) is 47.5 Å². The molecule has 12 nitrogen and oxygen atoms in total. The van der Waals surface area contributed by atoms with Gasteiger partial charge in [-0.25, -0.2) is 18.3 Å². The number of anilines is 1. The van der Waals surface area contributed by atoms with Gasteiger partial charge in [-0.1, -0.05) is 31.1 Å². The zero-order chi connectivity index (χ0) is 26.0. The summed E-state index contributed by atoms with van der Waals surface area (Å²) in [6, 6.07) is 7.83. The zero-order valence-electron chi connectivity index (χ0n) is 20.9. The molecule has 2 fully saturated rings. The molecule has 2 aliphatic rings. The number of hydrogen-bond acceptors (Lipinski definition) is 12. The molecule has 0 saturated carbocycles. The second-order valence-electron chi connectivity index (χ2n) is 9.35. The van der Waals surface area contributed by atoms with E-state index in [1.165, 1.54) is 6.33 Å². The first-order valence-electron chi connectivity index (χ1n) is 12.2. The maximum absolute atomic E-state index is 11.3. The molecule has 2 aromatic heterocycles. The summed E-state index contributed by atoms with van der Waals surface area (Å²) >= 11 is 0. The minimum absolute atomic E-state index is 0.00628. The molecule has 0 atom stereocenters. The van der Waals surface area contributed by atoms with Crippen molar-refractivity contribution in [1.82, 2.24) is 20.1 Å². The molecule has 4 heterocycles. The van der Waals surface area contributed by atoms with E-state index in [2.05, 4.69) is 25.0 Å². The van der Waals surface area contributed by atoms with E-state index in [4.69, 9.17) is 22.4 Å². The van der Waals surface area contributed by atoms with E-state index in [0.717, 1.165) is 31.5 Å². The summed E-state index contributed by atoms with van der Waals surface area (Å²) < 4.78 is 49.7. The second-order valence-corrected chi connectivity index (χ2v) is 10.6. The SMILES string of the molecule is Cc1c(Oc2ccc(C3COS(=O)(=O)OC3)cc2)ncnc1OC1CCN(c2nc(C(C)C)no2)CC1. The van der Waals surface area contributed by atoms with Gasteiger partial charge in [0.15, 0.2) is 5.82 Å². The first-order valence-corrected chi connectivity index (χ1v) is 13.5. The Hall–Kier alpha value is -3.29. The molecular weight excluding hydrogens is 502 g/mol. The van der Waals surface area contributed by atoms with Crippen LogP contribution in [0.5, 0.6) is 17.5 Å². The van der Waals surface area contributed by atoms with Crippen molar-refractivity contribution in [2.45, 2.75) is 51.6 Å². The Kier molecular flexibility index (Phi) is 7.26. The van der Waals surface area contributed by atoms with Crippen LogP contribution in [0.25, 0.3) is 0 Å². The van der Waals surface area contributed by atoms with E-state index in [9.17, 15) is 8.42 Å². The highest BCUT2D eigenvalue weighted by molar-refractivity contribution is 7.81. The fourth-order valence-electron chi connectivity index (χ4n) is 4.08. The van der Waals surface area contributed by atoms with E-state index in [1.54, 1.807) is 12.1 Å². The van der Waals surface area contributed by atoms with Crippen LogP contribution in [-0.4, -0.2) is 60.9 Å². The average molecular weight is 532 g/mol. The van der Waals surface area contributed by atoms with Crippen LogP contribution in [0.15, 0.2) is 35.1 Å². The van der Waals surface area contributed by atoms with E-state index in [-0.39, 0.29) is 31.2 Å². The molecule has 0 spiro atoms. The highest BCUT2D eigenvalue weighted by Gasteiger charge is 2.27. The van der Waals surface area contributed by atoms with Gasteiger partial charge in [-0.15, -0.1) is 0 Å². The fourth-order valence-corrected chi connectivity index (χ4v) is 4.81. The van der Waals surface area contributed by atoms with Gasteiger partial charge < -0.3 is 18.9 Å². The Balaban J connectivity index is 1.17. The molecule has 198 valence electrons. The van der Waals surface area contributed by atoms with Gasteiger partial charge in [-0.3, -0.25) is 0 Å². The van der Waals surface area contributed by atoms with Gasteiger partial charge >= 0.3 is 16.4 Å². The summed E-state index contributed by atoms with van der Waals surface area (Å²) in [5, 5.41) is 4.04. The maximum Gasteiger partial charge on any atom is 0.399 e. The van der Waals surface area contributed by atoms with Crippen molar-refractivity contribution in [2.24, 2.45) is 0 Å². The molecule has 2 aliphatic heterocycles. The van der Waals surface area contributed by atoms with Crippen molar-refractivity contribution >= 4 is 16.4 Å². The molecule has 0 N–H and O–H groups in total. The lowest BCUT2D eigenvalue weighted by atomic mass is 10.0. The van der Waals surface area contributed by atoms with Gasteiger partial charge in [0.25, 0.3) is 0 Å². The van der Waals surface area contributed by atoms with E-state index < -0.39 is 10.4 Å². The Morgan fingerprint density at radius 3 is 2.35 bits per heavy atom. The number of benzene rings is 1. The van der Waals surface area contributed by atoms with Gasteiger partial charge in [0.05, 0.1) is 18.8 Å². The molecule has 2 saturated heterocycles. The summed E-state index contributed by atoms with van der Waals surface area (Å²) in [6.45, 7) is 7.49. The Labute approximate surface area is 215 Å². The maximum atomic E-state index is 11.3. The van der Waals surface area contributed by atoms with Crippen LogP contribution < -0.4 is 14.4 Å². The molecule has 0 unspecified atom stereocenters. The van der Waals surface area contributed by atoms with Crippen LogP contribution >= 0.6 is 0 Å². The van der Waals surface area contributed by atoms with E-state index in [0.29, 0.717) is 34.9 Å². The normalized spacial score (nSPS) is 18.8. The van der Waals surface area contributed by atoms with Gasteiger partial charge in [0, 0.05) is 37.8 Å². The molecule has 1 aromatic carbocycles. The molecule has 0 amide bonds. The van der Waals surface area contributed by atoms with Crippen LogP contribution in [0.4, 0.5) is 6.01 Å². The minimum atomic E-state index is -3.87. The van der Waals surface area contributed by atoms with Crippen LogP contribution in [0, 0.1) is 6.92 Å². The zero-order valence-corrected chi connectivity index (χ0v) is 21.7. The quantitative estimate of drug-likeness (QED) is 0.441. The summed E-state index contributed by atoms with van der Waals surface area (Å²) in [4.78, 5) is 15.1. The molecular formula is C24H29N5O7S. The van der Waals surface area contributed by atoms with Crippen LogP contribution in [0.1, 0.15) is 55.5 Å². The van der Waals surface area contributed by atoms with Crippen LogP contribution in [0.3, 0.4) is 0 Å². The third-order valence-corrected chi connectivity index (χ3v) is 7.17. The van der Waals surface area contributed by atoms with Crippen molar-refractivity contribution < 1.29 is 30.8 Å². The third-order valence-electron chi connectivity index (χ3n) is 6.32. The molecule has 13 heteroatoms. The summed E-state index contributed by atoms with van der Waals surface area (Å²) in [7, 11) is -3.87. The molecule has 0 aliphatic carbocycles. The molecule has 0 radical (unpaired) electrons. The molecule has 0 bridgehead atoms. The minimum Gasteiger partial charge on any atom is -0.474 e. The van der Waals surface area contributed by atoms with E-state index in [1.807, 2.05) is 32.9 Å². The number of nitrogens with zero attached hydrogens (tertiary/aromatic N) is 5. The number of ether oxygens (including phenoxy) is 2. The monoisotopic (exact) mass is 531 g/mol. The number of hydrogen-bond donors (Lipinski definition) is 0. The van der Waals surface area contributed by atoms with Crippen molar-refractivity contribution in [3.63, 3.8) is 0 Å². The van der Waals surface area contributed by atoms with Gasteiger partial charge in [0.1, 0.15) is 18.2 Å². The summed E-state index contributed by atoms with van der Waals surface area (Å²) in [5.41, 5.74) is 1.59. The van der Waals surface area contributed by atoms with Gasteiger partial charge in [0.2, 0.25) is 11.8 Å². The Bertz CT molecular complexity index is 1310. The summed E-state index contributed by atoms with van der Waals surface area (Å²) in [5.74, 6) is 2.21. The lowest BCUT2D eigenvalue weighted by molar-refractivity contribution is 0.135. The predicted molar refractivity (Wildman–Crippen MR) is 131 cm³/mol. The highest BCUT2D eigenvalue weighted by Crippen LogP contribution is 2.31. The summed E-state index contributed by atoms with van der Waals surface area (Å²) in [6.07, 6.45) is 2.99.